The first-order chi connectivity index (χ1) is 13.0. The Hall–Kier alpha value is -2.66. The van der Waals surface area contributed by atoms with E-state index in [1.54, 1.807) is 0 Å². The summed E-state index contributed by atoms with van der Waals surface area (Å²) in [6, 6.07) is 20.4. The van der Waals surface area contributed by atoms with Crippen molar-refractivity contribution in [1.82, 2.24) is 15.3 Å². The number of benzene rings is 2. The number of aromatic nitrogens is 2. The third kappa shape index (κ3) is 5.41. The first-order valence-corrected chi connectivity index (χ1v) is 9.89. The molecule has 1 unspecified atom stereocenters. The minimum Gasteiger partial charge on any atom is -0.349 e. The van der Waals surface area contributed by atoms with Crippen molar-refractivity contribution in [3.8, 4) is 11.1 Å². The fourth-order valence-corrected chi connectivity index (χ4v) is 3.61. The number of hydrogen-bond acceptors (Lipinski definition) is 4. The Labute approximate surface area is 164 Å². The minimum atomic E-state index is -0.0527. The highest BCUT2D eigenvalue weighted by Gasteiger charge is 2.11. The lowest BCUT2D eigenvalue weighted by atomic mass is 10.0. The van der Waals surface area contributed by atoms with Crippen LogP contribution in [0.25, 0.3) is 11.1 Å². The maximum absolute atomic E-state index is 12.3. The number of rotatable bonds is 6. The maximum Gasteiger partial charge on any atom is 0.230 e. The summed E-state index contributed by atoms with van der Waals surface area (Å²) >= 11 is 1.36. The third-order valence-corrected chi connectivity index (χ3v) is 5.04. The van der Waals surface area contributed by atoms with Crippen LogP contribution in [-0.4, -0.2) is 21.6 Å². The number of nitrogens with zero attached hydrogens (tertiary/aromatic N) is 2. The molecule has 4 nitrogen and oxygen atoms in total. The molecule has 2 aromatic carbocycles. The molecule has 1 N–H and O–H groups in total. The molecule has 3 rings (SSSR count). The molecule has 0 bridgehead atoms. The van der Waals surface area contributed by atoms with Crippen molar-refractivity contribution in [2.45, 2.75) is 32.0 Å². The van der Waals surface area contributed by atoms with E-state index in [0.717, 1.165) is 17.0 Å². The lowest BCUT2D eigenvalue weighted by Crippen LogP contribution is -2.28. The monoisotopic (exact) mass is 377 g/mol. The van der Waals surface area contributed by atoms with Gasteiger partial charge in [-0.3, -0.25) is 4.79 Å². The molecule has 1 amide bonds. The normalized spacial score (nSPS) is 11.8. The van der Waals surface area contributed by atoms with Gasteiger partial charge in [0.15, 0.2) is 5.16 Å². The zero-order valence-electron chi connectivity index (χ0n) is 15.8. The number of nitrogens with one attached hydrogen (secondary N) is 1. The molecule has 0 saturated heterocycles. The molecule has 0 spiro atoms. The molecule has 27 heavy (non-hydrogen) atoms. The van der Waals surface area contributed by atoms with Crippen LogP contribution >= 0.6 is 11.8 Å². The van der Waals surface area contributed by atoms with E-state index in [9.17, 15) is 4.79 Å². The molecule has 3 aromatic rings. The standard InChI is InChI=1S/C22H23N3OS/c1-15-13-16(2)24-22(23-15)27-14-21(26)25-17(3)18-9-11-20(12-10-18)19-7-5-4-6-8-19/h4-13,17H,14H2,1-3H3,(H,25,26). The van der Waals surface area contributed by atoms with Gasteiger partial charge in [-0.25, -0.2) is 9.97 Å². The van der Waals surface area contributed by atoms with Crippen molar-refractivity contribution in [3.63, 3.8) is 0 Å². The minimum absolute atomic E-state index is 0.0256. The first kappa shape index (κ1) is 19.1. The van der Waals surface area contributed by atoms with Gasteiger partial charge in [-0.2, -0.15) is 0 Å². The summed E-state index contributed by atoms with van der Waals surface area (Å²) in [7, 11) is 0. The van der Waals surface area contributed by atoms with E-state index in [0.29, 0.717) is 10.9 Å². The van der Waals surface area contributed by atoms with Crippen molar-refractivity contribution in [1.29, 1.82) is 0 Å². The molecule has 1 heterocycles. The van der Waals surface area contributed by atoms with Crippen LogP contribution in [0.4, 0.5) is 0 Å². The number of thioether (sulfide) groups is 1. The molecule has 0 saturated carbocycles. The summed E-state index contributed by atoms with van der Waals surface area (Å²) in [6.07, 6.45) is 0. The van der Waals surface area contributed by atoms with Crippen molar-refractivity contribution >= 4 is 17.7 Å². The smallest absolute Gasteiger partial charge is 0.230 e. The number of aryl methyl sites for hydroxylation is 2. The Balaban J connectivity index is 1.56. The highest BCUT2D eigenvalue weighted by molar-refractivity contribution is 7.99. The van der Waals surface area contributed by atoms with Gasteiger partial charge < -0.3 is 5.32 Å². The van der Waals surface area contributed by atoms with Crippen LogP contribution in [0.1, 0.15) is 29.9 Å². The van der Waals surface area contributed by atoms with E-state index in [1.165, 1.54) is 22.9 Å². The summed E-state index contributed by atoms with van der Waals surface area (Å²) in [5.74, 6) is 0.275. The van der Waals surface area contributed by atoms with E-state index in [1.807, 2.05) is 45.0 Å². The number of carbonyl (C=O) groups excluding carboxylic acids is 1. The summed E-state index contributed by atoms with van der Waals surface area (Å²) in [4.78, 5) is 21.0. The van der Waals surface area contributed by atoms with Crippen molar-refractivity contribution < 1.29 is 4.79 Å². The van der Waals surface area contributed by atoms with Gasteiger partial charge in [-0.05, 0) is 43.5 Å². The zero-order valence-corrected chi connectivity index (χ0v) is 16.6. The largest absolute Gasteiger partial charge is 0.349 e. The van der Waals surface area contributed by atoms with Gasteiger partial charge in [0.2, 0.25) is 5.91 Å². The Kier molecular flexibility index (Phi) is 6.24. The summed E-state index contributed by atoms with van der Waals surface area (Å²) in [5.41, 5.74) is 5.26. The fraction of sp³-hybridized carbons (Fsp3) is 0.227. The van der Waals surface area contributed by atoms with Gasteiger partial charge in [0.05, 0.1) is 11.8 Å². The van der Waals surface area contributed by atoms with Crippen LogP contribution < -0.4 is 5.32 Å². The van der Waals surface area contributed by atoms with Crippen LogP contribution in [0.3, 0.4) is 0 Å². The lowest BCUT2D eigenvalue weighted by molar-refractivity contribution is -0.119. The molecule has 1 aromatic heterocycles. The van der Waals surface area contributed by atoms with Gasteiger partial charge in [0, 0.05) is 11.4 Å². The molecule has 5 heteroatoms. The van der Waals surface area contributed by atoms with E-state index < -0.39 is 0 Å². The van der Waals surface area contributed by atoms with Crippen LogP contribution in [0.15, 0.2) is 65.8 Å². The van der Waals surface area contributed by atoms with Crippen LogP contribution in [-0.2, 0) is 4.79 Å². The second-order valence-corrected chi connectivity index (χ2v) is 7.44. The highest BCUT2D eigenvalue weighted by atomic mass is 32.2. The molecular formula is C22H23N3OS. The third-order valence-electron chi connectivity index (χ3n) is 4.19. The maximum atomic E-state index is 12.3. The second-order valence-electron chi connectivity index (χ2n) is 6.50. The molecule has 1 atom stereocenters. The van der Waals surface area contributed by atoms with Gasteiger partial charge in [-0.15, -0.1) is 0 Å². The number of carbonyl (C=O) groups is 1. The molecular weight excluding hydrogens is 354 g/mol. The van der Waals surface area contributed by atoms with Crippen LogP contribution in [0.2, 0.25) is 0 Å². The van der Waals surface area contributed by atoms with E-state index in [4.69, 9.17) is 0 Å². The molecule has 0 aliphatic rings. The number of amides is 1. The Morgan fingerprint density at radius 2 is 1.56 bits per heavy atom. The quantitative estimate of drug-likeness (QED) is 0.498. The predicted octanol–water partition coefficient (Wildman–Crippen LogP) is 4.73. The summed E-state index contributed by atoms with van der Waals surface area (Å²) in [6.45, 7) is 5.85. The van der Waals surface area contributed by atoms with Gasteiger partial charge in [-0.1, -0.05) is 66.4 Å². The summed E-state index contributed by atoms with van der Waals surface area (Å²) in [5, 5.41) is 3.68. The first-order valence-electron chi connectivity index (χ1n) is 8.91. The highest BCUT2D eigenvalue weighted by Crippen LogP contribution is 2.22. The molecule has 0 aliphatic carbocycles. The Morgan fingerprint density at radius 3 is 2.19 bits per heavy atom. The second kappa shape index (κ2) is 8.82. The van der Waals surface area contributed by atoms with Crippen molar-refractivity contribution in [3.05, 3.63) is 77.6 Å². The topological polar surface area (TPSA) is 54.9 Å². The SMILES string of the molecule is Cc1cc(C)nc(SCC(=O)NC(C)c2ccc(-c3ccccc3)cc2)n1. The lowest BCUT2D eigenvalue weighted by Gasteiger charge is -2.15. The molecule has 0 aliphatic heterocycles. The van der Waals surface area contributed by atoms with Gasteiger partial charge in [0.25, 0.3) is 0 Å². The fourth-order valence-electron chi connectivity index (χ4n) is 2.85. The molecule has 0 fully saturated rings. The average molecular weight is 378 g/mol. The molecule has 138 valence electrons. The van der Waals surface area contributed by atoms with Crippen LogP contribution in [0, 0.1) is 13.8 Å². The summed E-state index contributed by atoms with van der Waals surface area (Å²) < 4.78 is 0. The Bertz CT molecular complexity index is 890. The van der Waals surface area contributed by atoms with Gasteiger partial charge >= 0.3 is 0 Å². The van der Waals surface area contributed by atoms with Gasteiger partial charge in [0.1, 0.15) is 0 Å². The molecule has 0 radical (unpaired) electrons. The van der Waals surface area contributed by atoms with Crippen LogP contribution in [0.5, 0.6) is 0 Å². The van der Waals surface area contributed by atoms with Crippen molar-refractivity contribution in [2.75, 3.05) is 5.75 Å². The predicted molar refractivity (Wildman–Crippen MR) is 111 cm³/mol. The zero-order chi connectivity index (χ0) is 19.2. The number of hydrogen-bond donors (Lipinski definition) is 1. The van der Waals surface area contributed by atoms with E-state index in [2.05, 4.69) is 51.7 Å². The Morgan fingerprint density at radius 1 is 0.963 bits per heavy atom. The average Bonchev–Trinajstić information content (AvgIpc) is 2.66. The van der Waals surface area contributed by atoms with E-state index in [-0.39, 0.29) is 11.9 Å². The van der Waals surface area contributed by atoms with Crippen molar-refractivity contribution in [2.24, 2.45) is 0 Å². The van der Waals surface area contributed by atoms with E-state index >= 15 is 0 Å².